The number of halogens is 3. The zero-order chi connectivity index (χ0) is 11.5. The van der Waals surface area contributed by atoms with Crippen LogP contribution in [0.2, 0.25) is 0 Å². The van der Waals surface area contributed by atoms with E-state index in [4.69, 9.17) is 10.2 Å². The molecular formula is C10H14F3NO. The van der Waals surface area contributed by atoms with E-state index in [1.165, 1.54) is 0 Å². The van der Waals surface area contributed by atoms with Gasteiger partial charge in [0.25, 0.3) is 0 Å². The van der Waals surface area contributed by atoms with Crippen molar-refractivity contribution in [2.45, 2.75) is 38.4 Å². The minimum absolute atomic E-state index is 0.0322. The quantitative estimate of drug-likeness (QED) is 0.847. The molecule has 0 amide bonds. The lowest BCUT2D eigenvalue weighted by molar-refractivity contribution is -0.135. The van der Waals surface area contributed by atoms with E-state index in [9.17, 15) is 13.2 Å². The van der Waals surface area contributed by atoms with Crippen LogP contribution in [0.25, 0.3) is 0 Å². The molecule has 0 bridgehead atoms. The van der Waals surface area contributed by atoms with Crippen molar-refractivity contribution < 1.29 is 17.6 Å². The van der Waals surface area contributed by atoms with Gasteiger partial charge in [-0.3, -0.25) is 0 Å². The highest BCUT2D eigenvalue weighted by atomic mass is 19.4. The highest BCUT2D eigenvalue weighted by Crippen LogP contribution is 2.25. The predicted molar refractivity (Wildman–Crippen MR) is 50.3 cm³/mol. The summed E-state index contributed by atoms with van der Waals surface area (Å²) >= 11 is 0. The Bertz CT molecular complexity index is 306. The average molecular weight is 221 g/mol. The van der Waals surface area contributed by atoms with Crippen LogP contribution in [0.15, 0.2) is 16.5 Å². The first kappa shape index (κ1) is 12.1. The zero-order valence-corrected chi connectivity index (χ0v) is 8.47. The summed E-state index contributed by atoms with van der Waals surface area (Å²) in [7, 11) is 0. The second kappa shape index (κ2) is 4.70. The Hall–Kier alpha value is -0.970. The van der Waals surface area contributed by atoms with Gasteiger partial charge in [0.05, 0.1) is 6.04 Å². The van der Waals surface area contributed by atoms with Gasteiger partial charge in [0, 0.05) is 6.42 Å². The lowest BCUT2D eigenvalue weighted by atomic mass is 10.1. The number of furan rings is 1. The van der Waals surface area contributed by atoms with Crippen molar-refractivity contribution in [2.75, 3.05) is 0 Å². The first-order valence-corrected chi connectivity index (χ1v) is 4.77. The maximum Gasteiger partial charge on any atom is 0.389 e. The zero-order valence-electron chi connectivity index (χ0n) is 8.47. The number of nitrogens with two attached hydrogens (primary N) is 1. The largest absolute Gasteiger partial charge is 0.465 e. The van der Waals surface area contributed by atoms with Crippen LogP contribution in [0.5, 0.6) is 0 Å². The Morgan fingerprint density at radius 3 is 2.53 bits per heavy atom. The van der Waals surface area contributed by atoms with Crippen LogP contribution in [0.4, 0.5) is 13.2 Å². The molecule has 1 rings (SSSR count). The third-order valence-electron chi connectivity index (χ3n) is 2.10. The van der Waals surface area contributed by atoms with Crippen LogP contribution in [0.1, 0.15) is 36.8 Å². The molecule has 0 aliphatic carbocycles. The van der Waals surface area contributed by atoms with E-state index in [1.807, 2.05) is 0 Å². The van der Waals surface area contributed by atoms with Gasteiger partial charge < -0.3 is 10.2 Å². The van der Waals surface area contributed by atoms with Crippen molar-refractivity contribution in [3.8, 4) is 0 Å². The van der Waals surface area contributed by atoms with Crippen LogP contribution < -0.4 is 5.73 Å². The first-order valence-electron chi connectivity index (χ1n) is 4.77. The Morgan fingerprint density at radius 1 is 1.40 bits per heavy atom. The van der Waals surface area contributed by atoms with Gasteiger partial charge in [-0.1, -0.05) is 0 Å². The minimum Gasteiger partial charge on any atom is -0.465 e. The van der Waals surface area contributed by atoms with Crippen LogP contribution in [0, 0.1) is 6.92 Å². The number of hydrogen-bond donors (Lipinski definition) is 1. The monoisotopic (exact) mass is 221 g/mol. The fourth-order valence-electron chi connectivity index (χ4n) is 1.32. The van der Waals surface area contributed by atoms with Gasteiger partial charge >= 0.3 is 6.18 Å². The predicted octanol–water partition coefficient (Wildman–Crippen LogP) is 3.32. The Morgan fingerprint density at radius 2 is 2.07 bits per heavy atom. The lowest BCUT2D eigenvalue weighted by Gasteiger charge is -2.09. The maximum atomic E-state index is 11.8. The molecule has 0 spiro atoms. The molecule has 1 atom stereocenters. The molecule has 0 aliphatic heterocycles. The van der Waals surface area contributed by atoms with Gasteiger partial charge in [-0.2, -0.15) is 13.2 Å². The van der Waals surface area contributed by atoms with Gasteiger partial charge in [-0.25, -0.2) is 0 Å². The van der Waals surface area contributed by atoms with Crippen molar-refractivity contribution in [2.24, 2.45) is 5.73 Å². The Kier molecular flexibility index (Phi) is 3.79. The third-order valence-corrected chi connectivity index (χ3v) is 2.10. The lowest BCUT2D eigenvalue weighted by Crippen LogP contribution is -2.12. The van der Waals surface area contributed by atoms with Crippen molar-refractivity contribution in [1.82, 2.24) is 0 Å². The summed E-state index contributed by atoms with van der Waals surface area (Å²) in [6, 6.07) is 3.01. The molecule has 1 aromatic heterocycles. The van der Waals surface area contributed by atoms with Gasteiger partial charge in [-0.05, 0) is 31.9 Å². The molecule has 15 heavy (non-hydrogen) atoms. The number of aryl methyl sites for hydroxylation is 1. The summed E-state index contributed by atoms with van der Waals surface area (Å²) in [4.78, 5) is 0. The molecule has 2 N–H and O–H groups in total. The summed E-state index contributed by atoms with van der Waals surface area (Å²) in [6.07, 6.45) is -4.57. The number of hydrogen-bond acceptors (Lipinski definition) is 2. The van der Waals surface area contributed by atoms with Crippen LogP contribution >= 0.6 is 0 Å². The molecule has 86 valence electrons. The molecule has 0 fully saturated rings. The van der Waals surface area contributed by atoms with E-state index in [-0.39, 0.29) is 12.8 Å². The van der Waals surface area contributed by atoms with Gasteiger partial charge in [0.2, 0.25) is 0 Å². The molecule has 0 aromatic carbocycles. The van der Waals surface area contributed by atoms with Crippen LogP contribution in [-0.2, 0) is 0 Å². The topological polar surface area (TPSA) is 39.2 Å². The smallest absolute Gasteiger partial charge is 0.389 e. The summed E-state index contributed by atoms with van der Waals surface area (Å²) in [5.41, 5.74) is 5.68. The first-order chi connectivity index (χ1) is 6.88. The van der Waals surface area contributed by atoms with E-state index in [0.717, 1.165) is 5.76 Å². The van der Waals surface area contributed by atoms with Crippen molar-refractivity contribution in [1.29, 1.82) is 0 Å². The molecule has 0 saturated carbocycles. The highest BCUT2D eigenvalue weighted by Gasteiger charge is 2.26. The molecule has 0 saturated heterocycles. The molecular weight excluding hydrogens is 207 g/mol. The standard InChI is InChI=1S/C10H14F3NO/c1-7-4-5-9(15-7)8(14)3-2-6-10(11,12)13/h4-5,8H,2-3,6,14H2,1H3. The highest BCUT2D eigenvalue weighted by molar-refractivity contribution is 5.08. The van der Waals surface area contributed by atoms with E-state index in [0.29, 0.717) is 5.76 Å². The summed E-state index contributed by atoms with van der Waals surface area (Å²) in [5.74, 6) is 1.27. The molecule has 5 heteroatoms. The van der Waals surface area contributed by atoms with Crippen molar-refractivity contribution >= 4 is 0 Å². The number of rotatable bonds is 4. The third kappa shape index (κ3) is 4.38. The van der Waals surface area contributed by atoms with E-state index < -0.39 is 18.6 Å². The van der Waals surface area contributed by atoms with Crippen molar-refractivity contribution in [3.05, 3.63) is 23.7 Å². The molecule has 2 nitrogen and oxygen atoms in total. The molecule has 1 unspecified atom stereocenters. The summed E-state index contributed by atoms with van der Waals surface area (Å²) in [5, 5.41) is 0. The molecule has 1 aromatic rings. The van der Waals surface area contributed by atoms with Crippen LogP contribution in [0.3, 0.4) is 0 Å². The van der Waals surface area contributed by atoms with E-state index in [1.54, 1.807) is 19.1 Å². The SMILES string of the molecule is Cc1ccc(C(N)CCCC(F)(F)F)o1. The van der Waals surface area contributed by atoms with Gasteiger partial charge in [-0.15, -0.1) is 0 Å². The van der Waals surface area contributed by atoms with Gasteiger partial charge in [0.15, 0.2) is 0 Å². The minimum atomic E-state index is -4.10. The summed E-state index contributed by atoms with van der Waals surface area (Å²) in [6.45, 7) is 1.77. The van der Waals surface area contributed by atoms with Crippen LogP contribution in [-0.4, -0.2) is 6.18 Å². The number of alkyl halides is 3. The Balaban J connectivity index is 2.34. The fourth-order valence-corrected chi connectivity index (χ4v) is 1.32. The van der Waals surface area contributed by atoms with Crippen molar-refractivity contribution in [3.63, 3.8) is 0 Å². The second-order valence-electron chi connectivity index (χ2n) is 3.56. The fraction of sp³-hybridized carbons (Fsp3) is 0.600. The summed E-state index contributed by atoms with van der Waals surface area (Å²) < 4.78 is 40.8. The van der Waals surface area contributed by atoms with Gasteiger partial charge in [0.1, 0.15) is 11.5 Å². The Labute approximate surface area is 86.3 Å². The molecule has 1 heterocycles. The maximum absolute atomic E-state index is 11.8. The second-order valence-corrected chi connectivity index (χ2v) is 3.56. The normalized spacial score (nSPS) is 14.2. The molecule has 0 radical (unpaired) electrons. The van der Waals surface area contributed by atoms with E-state index in [2.05, 4.69) is 0 Å². The van der Waals surface area contributed by atoms with E-state index >= 15 is 0 Å². The average Bonchev–Trinajstić information content (AvgIpc) is 2.49. The molecule has 0 aliphatic rings.